The van der Waals surface area contributed by atoms with E-state index in [1.54, 1.807) is 0 Å². The molecule has 0 saturated carbocycles. The molecule has 0 fully saturated rings. The fourth-order valence-electron chi connectivity index (χ4n) is 1.77. The van der Waals surface area contributed by atoms with E-state index in [-0.39, 0.29) is 0 Å². The van der Waals surface area contributed by atoms with Crippen molar-refractivity contribution in [2.75, 3.05) is 11.9 Å². The minimum atomic E-state index is -4.28. The lowest BCUT2D eigenvalue weighted by atomic mass is 10.1. The van der Waals surface area contributed by atoms with Crippen molar-refractivity contribution in [1.82, 2.24) is 0 Å². The maximum Gasteiger partial charge on any atom is 0.416 e. The maximum absolute atomic E-state index is 12.4. The van der Waals surface area contributed by atoms with Crippen LogP contribution < -0.4 is 5.32 Å². The highest BCUT2D eigenvalue weighted by Crippen LogP contribution is 2.29. The lowest BCUT2D eigenvalue weighted by molar-refractivity contribution is -0.137. The van der Waals surface area contributed by atoms with Crippen LogP contribution in [0.4, 0.5) is 18.9 Å². The van der Waals surface area contributed by atoms with E-state index in [0.29, 0.717) is 12.2 Å². The number of benzene rings is 2. The summed E-state index contributed by atoms with van der Waals surface area (Å²) in [5.74, 6) is 0. The Morgan fingerprint density at radius 2 is 1.47 bits per heavy atom. The normalized spacial score (nSPS) is 11.3. The lowest BCUT2D eigenvalue weighted by Crippen LogP contribution is -2.07. The third-order valence-corrected chi connectivity index (χ3v) is 2.80. The summed E-state index contributed by atoms with van der Waals surface area (Å²) in [6.07, 6.45) is -3.44. The summed E-state index contributed by atoms with van der Waals surface area (Å²) in [7, 11) is 0. The molecule has 0 radical (unpaired) electrons. The molecule has 0 amide bonds. The van der Waals surface area contributed by atoms with Crippen molar-refractivity contribution in [3.05, 3.63) is 65.7 Å². The van der Waals surface area contributed by atoms with Gasteiger partial charge in [-0.25, -0.2) is 0 Å². The molecule has 0 spiro atoms. The van der Waals surface area contributed by atoms with E-state index in [4.69, 9.17) is 0 Å². The smallest absolute Gasteiger partial charge is 0.385 e. The molecule has 2 aromatic rings. The van der Waals surface area contributed by atoms with Gasteiger partial charge in [0.15, 0.2) is 0 Å². The Hall–Kier alpha value is -1.97. The van der Waals surface area contributed by atoms with Crippen LogP contribution in [0.1, 0.15) is 11.1 Å². The van der Waals surface area contributed by atoms with Crippen molar-refractivity contribution in [2.24, 2.45) is 0 Å². The molecular formula is C15H14F3N. The molecule has 0 heterocycles. The van der Waals surface area contributed by atoms with Gasteiger partial charge >= 0.3 is 6.18 Å². The summed E-state index contributed by atoms with van der Waals surface area (Å²) in [6.45, 7) is 0.690. The topological polar surface area (TPSA) is 12.0 Å². The Kier molecular flexibility index (Phi) is 4.10. The fourth-order valence-corrected chi connectivity index (χ4v) is 1.77. The molecule has 0 aliphatic carbocycles. The molecule has 100 valence electrons. The van der Waals surface area contributed by atoms with Crippen LogP contribution in [0.5, 0.6) is 0 Å². The van der Waals surface area contributed by atoms with Crippen LogP contribution in [0, 0.1) is 0 Å². The number of hydrogen-bond donors (Lipinski definition) is 1. The average molecular weight is 265 g/mol. The second kappa shape index (κ2) is 5.78. The molecule has 1 N–H and O–H groups in total. The predicted octanol–water partition coefficient (Wildman–Crippen LogP) is 4.36. The Bertz CT molecular complexity index is 503. The van der Waals surface area contributed by atoms with Crippen LogP contribution in [0.2, 0.25) is 0 Å². The minimum absolute atomic E-state index is 0.624. The second-order valence-corrected chi connectivity index (χ2v) is 4.24. The van der Waals surface area contributed by atoms with E-state index >= 15 is 0 Å². The van der Waals surface area contributed by atoms with Gasteiger partial charge in [0, 0.05) is 12.2 Å². The minimum Gasteiger partial charge on any atom is -0.385 e. The van der Waals surface area contributed by atoms with Crippen LogP contribution in [0.25, 0.3) is 0 Å². The van der Waals surface area contributed by atoms with Gasteiger partial charge in [0.25, 0.3) is 0 Å². The Morgan fingerprint density at radius 1 is 0.842 bits per heavy atom. The van der Waals surface area contributed by atoms with Crippen LogP contribution in [0.3, 0.4) is 0 Å². The average Bonchev–Trinajstić information content (AvgIpc) is 2.39. The van der Waals surface area contributed by atoms with Gasteiger partial charge < -0.3 is 5.32 Å². The molecule has 0 bridgehead atoms. The molecule has 2 aromatic carbocycles. The van der Waals surface area contributed by atoms with Gasteiger partial charge in [0.2, 0.25) is 0 Å². The van der Waals surface area contributed by atoms with E-state index < -0.39 is 11.7 Å². The highest BCUT2D eigenvalue weighted by atomic mass is 19.4. The molecule has 1 nitrogen and oxygen atoms in total. The zero-order valence-corrected chi connectivity index (χ0v) is 10.2. The summed E-state index contributed by atoms with van der Waals surface area (Å²) in [6, 6.07) is 15.0. The number of hydrogen-bond acceptors (Lipinski definition) is 1. The molecule has 2 rings (SSSR count). The number of halogens is 3. The first-order valence-electron chi connectivity index (χ1n) is 6.01. The van der Waals surface area contributed by atoms with Crippen molar-refractivity contribution in [3.8, 4) is 0 Å². The number of rotatable bonds is 4. The molecule has 4 heteroatoms. The molecule has 0 aromatic heterocycles. The zero-order chi connectivity index (χ0) is 13.7. The van der Waals surface area contributed by atoms with E-state index in [0.717, 1.165) is 18.6 Å². The van der Waals surface area contributed by atoms with Crippen LogP contribution in [-0.4, -0.2) is 6.54 Å². The standard InChI is InChI=1S/C15H14F3N/c16-15(17,18)13-6-8-14(9-7-13)19-11-10-12-4-2-1-3-5-12/h1-9,19H,10-11H2. The first-order valence-corrected chi connectivity index (χ1v) is 6.01. The first-order chi connectivity index (χ1) is 9.05. The van der Waals surface area contributed by atoms with Crippen LogP contribution >= 0.6 is 0 Å². The SMILES string of the molecule is FC(F)(F)c1ccc(NCCc2ccccc2)cc1. The van der Waals surface area contributed by atoms with E-state index in [1.807, 2.05) is 30.3 Å². The Balaban J connectivity index is 1.87. The van der Waals surface area contributed by atoms with E-state index in [9.17, 15) is 13.2 Å². The molecule has 0 unspecified atom stereocenters. The third-order valence-electron chi connectivity index (χ3n) is 2.80. The van der Waals surface area contributed by atoms with Crippen molar-refractivity contribution >= 4 is 5.69 Å². The van der Waals surface area contributed by atoms with Gasteiger partial charge in [-0.05, 0) is 36.2 Å². The van der Waals surface area contributed by atoms with Gasteiger partial charge in [-0.15, -0.1) is 0 Å². The molecule has 0 aliphatic rings. The van der Waals surface area contributed by atoms with Crippen molar-refractivity contribution in [1.29, 1.82) is 0 Å². The van der Waals surface area contributed by atoms with Gasteiger partial charge in [-0.3, -0.25) is 0 Å². The summed E-state index contributed by atoms with van der Waals surface area (Å²) in [5.41, 5.74) is 1.27. The molecule has 0 saturated heterocycles. The van der Waals surface area contributed by atoms with Gasteiger partial charge in [0.1, 0.15) is 0 Å². The maximum atomic E-state index is 12.4. The van der Waals surface area contributed by atoms with Gasteiger partial charge in [-0.1, -0.05) is 30.3 Å². The molecule has 0 atom stereocenters. The van der Waals surface area contributed by atoms with Crippen molar-refractivity contribution in [2.45, 2.75) is 12.6 Å². The zero-order valence-electron chi connectivity index (χ0n) is 10.2. The van der Waals surface area contributed by atoms with Gasteiger partial charge in [0.05, 0.1) is 5.56 Å². The quantitative estimate of drug-likeness (QED) is 0.866. The summed E-state index contributed by atoms with van der Waals surface area (Å²) < 4.78 is 37.1. The Morgan fingerprint density at radius 3 is 2.05 bits per heavy atom. The Labute approximate surface area is 110 Å². The largest absolute Gasteiger partial charge is 0.416 e. The highest BCUT2D eigenvalue weighted by molar-refractivity contribution is 5.45. The van der Waals surface area contributed by atoms with Crippen molar-refractivity contribution in [3.63, 3.8) is 0 Å². The molecular weight excluding hydrogens is 251 g/mol. The number of anilines is 1. The molecule has 0 aliphatic heterocycles. The fraction of sp³-hybridized carbons (Fsp3) is 0.200. The first kappa shape index (κ1) is 13.5. The van der Waals surface area contributed by atoms with E-state index in [1.165, 1.54) is 17.7 Å². The third kappa shape index (κ3) is 4.02. The van der Waals surface area contributed by atoms with Gasteiger partial charge in [-0.2, -0.15) is 13.2 Å². The van der Waals surface area contributed by atoms with Crippen LogP contribution in [-0.2, 0) is 12.6 Å². The number of nitrogens with one attached hydrogen (secondary N) is 1. The van der Waals surface area contributed by atoms with E-state index in [2.05, 4.69) is 5.32 Å². The monoisotopic (exact) mass is 265 g/mol. The van der Waals surface area contributed by atoms with Crippen LogP contribution in [0.15, 0.2) is 54.6 Å². The predicted molar refractivity (Wildman–Crippen MR) is 70.1 cm³/mol. The van der Waals surface area contributed by atoms with Crippen molar-refractivity contribution < 1.29 is 13.2 Å². The lowest BCUT2D eigenvalue weighted by Gasteiger charge is -2.09. The summed E-state index contributed by atoms with van der Waals surface area (Å²) >= 11 is 0. The molecule has 19 heavy (non-hydrogen) atoms. The second-order valence-electron chi connectivity index (χ2n) is 4.24. The number of alkyl halides is 3. The highest BCUT2D eigenvalue weighted by Gasteiger charge is 2.29. The summed E-state index contributed by atoms with van der Waals surface area (Å²) in [4.78, 5) is 0. The summed E-state index contributed by atoms with van der Waals surface area (Å²) in [5, 5.41) is 3.10.